The zero-order valence-electron chi connectivity index (χ0n) is 8.47. The van der Waals surface area contributed by atoms with Gasteiger partial charge in [-0.2, -0.15) is 18.3 Å². The zero-order valence-corrected chi connectivity index (χ0v) is 8.47. The van der Waals surface area contributed by atoms with Gasteiger partial charge in [0.2, 0.25) is 0 Å². The van der Waals surface area contributed by atoms with Crippen LogP contribution in [0, 0.1) is 6.92 Å². The Hall–Kier alpha value is -1.78. The fourth-order valence-electron chi connectivity index (χ4n) is 1.46. The number of hydrogen-bond donors (Lipinski definition) is 1. The molecular formula is C11H9F3N2. The van der Waals surface area contributed by atoms with E-state index in [2.05, 4.69) is 10.2 Å². The van der Waals surface area contributed by atoms with Crippen molar-refractivity contribution in [3.8, 4) is 11.3 Å². The quantitative estimate of drug-likeness (QED) is 0.793. The number of H-pyrrole nitrogens is 1. The molecule has 0 spiro atoms. The third kappa shape index (κ3) is 1.93. The highest BCUT2D eigenvalue weighted by atomic mass is 19.4. The first kappa shape index (κ1) is 10.7. The normalized spacial score (nSPS) is 11.8. The van der Waals surface area contributed by atoms with Gasteiger partial charge in [0.1, 0.15) is 0 Å². The van der Waals surface area contributed by atoms with E-state index in [-0.39, 0.29) is 0 Å². The molecule has 2 rings (SSSR count). The molecule has 0 fully saturated rings. The summed E-state index contributed by atoms with van der Waals surface area (Å²) in [5.41, 5.74) is 1.70. The average molecular weight is 226 g/mol. The van der Waals surface area contributed by atoms with Crippen molar-refractivity contribution in [1.82, 2.24) is 10.2 Å². The number of aromatic amines is 1. The molecule has 16 heavy (non-hydrogen) atoms. The van der Waals surface area contributed by atoms with Gasteiger partial charge in [-0.3, -0.25) is 5.10 Å². The molecule has 1 aromatic carbocycles. The van der Waals surface area contributed by atoms with Gasteiger partial charge < -0.3 is 0 Å². The number of hydrogen-bond acceptors (Lipinski definition) is 1. The maximum absolute atomic E-state index is 12.3. The zero-order chi connectivity index (χ0) is 11.8. The van der Waals surface area contributed by atoms with Crippen LogP contribution in [-0.4, -0.2) is 10.2 Å². The van der Waals surface area contributed by atoms with Gasteiger partial charge in [-0.1, -0.05) is 12.1 Å². The van der Waals surface area contributed by atoms with Crippen LogP contribution < -0.4 is 0 Å². The van der Waals surface area contributed by atoms with Crippen LogP contribution >= 0.6 is 0 Å². The van der Waals surface area contributed by atoms with Crippen molar-refractivity contribution in [2.24, 2.45) is 0 Å². The van der Waals surface area contributed by atoms with E-state index in [1.54, 1.807) is 6.20 Å². The van der Waals surface area contributed by atoms with E-state index in [0.717, 1.165) is 23.4 Å². The van der Waals surface area contributed by atoms with Gasteiger partial charge >= 0.3 is 6.18 Å². The Bertz CT molecular complexity index is 483. The average Bonchev–Trinajstić information content (AvgIpc) is 2.63. The Balaban J connectivity index is 2.37. The van der Waals surface area contributed by atoms with Crippen molar-refractivity contribution >= 4 is 0 Å². The molecule has 1 aromatic heterocycles. The maximum Gasteiger partial charge on any atom is 0.416 e. The Kier molecular flexibility index (Phi) is 2.46. The van der Waals surface area contributed by atoms with E-state index in [9.17, 15) is 13.2 Å². The maximum atomic E-state index is 12.3. The van der Waals surface area contributed by atoms with Gasteiger partial charge in [-0.15, -0.1) is 0 Å². The number of alkyl halides is 3. The van der Waals surface area contributed by atoms with Crippen molar-refractivity contribution in [3.05, 3.63) is 41.6 Å². The molecule has 0 aliphatic rings. The fourth-order valence-corrected chi connectivity index (χ4v) is 1.46. The van der Waals surface area contributed by atoms with Crippen LogP contribution in [-0.2, 0) is 6.18 Å². The van der Waals surface area contributed by atoms with E-state index < -0.39 is 11.7 Å². The summed E-state index contributed by atoms with van der Waals surface area (Å²) in [6.07, 6.45) is -2.66. The first-order valence-electron chi connectivity index (χ1n) is 4.66. The lowest BCUT2D eigenvalue weighted by atomic mass is 10.1. The summed E-state index contributed by atoms with van der Waals surface area (Å²) in [5.74, 6) is 0. The summed E-state index contributed by atoms with van der Waals surface area (Å²) in [6, 6.07) is 5.00. The van der Waals surface area contributed by atoms with Gasteiger partial charge in [0.05, 0.1) is 17.5 Å². The van der Waals surface area contributed by atoms with Crippen molar-refractivity contribution in [3.63, 3.8) is 0 Å². The number of benzene rings is 1. The Morgan fingerprint density at radius 1 is 1.12 bits per heavy atom. The fraction of sp³-hybridized carbons (Fsp3) is 0.182. The van der Waals surface area contributed by atoms with E-state index in [0.29, 0.717) is 5.56 Å². The van der Waals surface area contributed by atoms with Crippen LogP contribution in [0.5, 0.6) is 0 Å². The highest BCUT2D eigenvalue weighted by Crippen LogP contribution is 2.30. The Morgan fingerprint density at radius 3 is 2.19 bits per heavy atom. The third-order valence-corrected chi connectivity index (χ3v) is 2.33. The van der Waals surface area contributed by atoms with Crippen LogP contribution in [0.1, 0.15) is 11.1 Å². The Labute approximate surface area is 90.1 Å². The molecular weight excluding hydrogens is 217 g/mol. The predicted molar refractivity (Wildman–Crippen MR) is 53.8 cm³/mol. The molecule has 0 radical (unpaired) electrons. The highest BCUT2D eigenvalue weighted by Gasteiger charge is 2.30. The summed E-state index contributed by atoms with van der Waals surface area (Å²) in [4.78, 5) is 0. The standard InChI is InChI=1S/C11H9F3N2/c1-7-6-15-16-10(7)8-2-4-9(5-3-8)11(12,13)14/h2-6H,1H3,(H,15,16). The van der Waals surface area contributed by atoms with Crippen LogP contribution in [0.25, 0.3) is 11.3 Å². The topological polar surface area (TPSA) is 28.7 Å². The second kappa shape index (κ2) is 3.66. The van der Waals surface area contributed by atoms with Crippen LogP contribution in [0.4, 0.5) is 13.2 Å². The number of nitrogens with zero attached hydrogens (tertiary/aromatic N) is 1. The first-order chi connectivity index (χ1) is 7.48. The van der Waals surface area contributed by atoms with E-state index in [4.69, 9.17) is 0 Å². The molecule has 0 amide bonds. The second-order valence-electron chi connectivity index (χ2n) is 3.50. The molecule has 2 nitrogen and oxygen atoms in total. The van der Waals surface area contributed by atoms with Gasteiger partial charge in [0.25, 0.3) is 0 Å². The smallest absolute Gasteiger partial charge is 0.278 e. The molecule has 5 heteroatoms. The summed E-state index contributed by atoms with van der Waals surface area (Å²) < 4.78 is 37.0. The third-order valence-electron chi connectivity index (χ3n) is 2.33. The number of aryl methyl sites for hydroxylation is 1. The summed E-state index contributed by atoms with van der Waals surface area (Å²) >= 11 is 0. The minimum atomic E-state index is -4.29. The molecule has 0 aliphatic carbocycles. The van der Waals surface area contributed by atoms with Crippen molar-refractivity contribution < 1.29 is 13.2 Å². The number of rotatable bonds is 1. The molecule has 0 atom stereocenters. The molecule has 2 aromatic rings. The highest BCUT2D eigenvalue weighted by molar-refractivity contribution is 5.62. The minimum absolute atomic E-state index is 0.645. The van der Waals surface area contributed by atoms with Crippen molar-refractivity contribution in [2.75, 3.05) is 0 Å². The lowest BCUT2D eigenvalue weighted by Crippen LogP contribution is -2.04. The van der Waals surface area contributed by atoms with Crippen molar-refractivity contribution in [2.45, 2.75) is 13.1 Å². The van der Waals surface area contributed by atoms with Gasteiger partial charge in [0, 0.05) is 0 Å². The molecule has 0 bridgehead atoms. The molecule has 0 unspecified atom stereocenters. The van der Waals surface area contributed by atoms with Gasteiger partial charge in [0.15, 0.2) is 0 Å². The summed E-state index contributed by atoms with van der Waals surface area (Å²) in [5, 5.41) is 6.57. The minimum Gasteiger partial charge on any atom is -0.278 e. The lowest BCUT2D eigenvalue weighted by Gasteiger charge is -2.07. The monoisotopic (exact) mass is 226 g/mol. The van der Waals surface area contributed by atoms with E-state index >= 15 is 0 Å². The van der Waals surface area contributed by atoms with Gasteiger partial charge in [-0.25, -0.2) is 0 Å². The number of aromatic nitrogens is 2. The lowest BCUT2D eigenvalue weighted by molar-refractivity contribution is -0.137. The Morgan fingerprint density at radius 2 is 1.75 bits per heavy atom. The number of halogens is 3. The van der Waals surface area contributed by atoms with Crippen LogP contribution in [0.3, 0.4) is 0 Å². The van der Waals surface area contributed by atoms with Crippen LogP contribution in [0.2, 0.25) is 0 Å². The number of nitrogens with one attached hydrogen (secondary N) is 1. The largest absolute Gasteiger partial charge is 0.416 e. The first-order valence-corrected chi connectivity index (χ1v) is 4.66. The van der Waals surface area contributed by atoms with E-state index in [1.807, 2.05) is 6.92 Å². The summed E-state index contributed by atoms with van der Waals surface area (Å²) in [6.45, 7) is 1.84. The second-order valence-corrected chi connectivity index (χ2v) is 3.50. The SMILES string of the molecule is Cc1cn[nH]c1-c1ccc(C(F)(F)F)cc1. The molecule has 0 saturated carbocycles. The molecule has 84 valence electrons. The molecule has 0 saturated heterocycles. The van der Waals surface area contributed by atoms with E-state index in [1.165, 1.54) is 12.1 Å². The molecule has 1 N–H and O–H groups in total. The summed E-state index contributed by atoms with van der Waals surface area (Å²) in [7, 11) is 0. The van der Waals surface area contributed by atoms with Gasteiger partial charge in [-0.05, 0) is 30.2 Å². The molecule has 1 heterocycles. The van der Waals surface area contributed by atoms with Crippen molar-refractivity contribution in [1.29, 1.82) is 0 Å². The molecule has 0 aliphatic heterocycles. The predicted octanol–water partition coefficient (Wildman–Crippen LogP) is 3.40. The van der Waals surface area contributed by atoms with Crippen LogP contribution in [0.15, 0.2) is 30.5 Å².